The van der Waals surface area contributed by atoms with Crippen LogP contribution in [-0.4, -0.2) is 58.8 Å². The number of hydrogen-bond acceptors (Lipinski definition) is 9. The molecule has 1 amide bonds. The molecule has 2 unspecified atom stereocenters. The van der Waals surface area contributed by atoms with Gasteiger partial charge in [0.25, 0.3) is 10.1 Å². The molecule has 0 aliphatic carbocycles. The lowest BCUT2D eigenvalue weighted by atomic mass is 9.91. The van der Waals surface area contributed by atoms with Gasteiger partial charge >= 0.3 is 5.97 Å². The summed E-state index contributed by atoms with van der Waals surface area (Å²) in [6.07, 6.45) is -0.451. The Morgan fingerprint density at radius 3 is 2.27 bits per heavy atom. The summed E-state index contributed by atoms with van der Waals surface area (Å²) in [4.78, 5) is 29.9. The third kappa shape index (κ3) is 10.2. The first-order chi connectivity index (χ1) is 15.7. The summed E-state index contributed by atoms with van der Waals surface area (Å²) < 4.78 is 44.9. The van der Waals surface area contributed by atoms with E-state index in [0.717, 1.165) is 11.8 Å². The highest BCUT2D eigenvalue weighted by atomic mass is 32.2. The summed E-state index contributed by atoms with van der Waals surface area (Å²) in [6, 6.07) is 9.22. The molecule has 33 heavy (non-hydrogen) atoms. The van der Waals surface area contributed by atoms with Crippen molar-refractivity contribution in [3.05, 3.63) is 35.9 Å². The molecule has 1 heterocycles. The minimum absolute atomic E-state index is 0.138. The number of rotatable bonds is 12. The van der Waals surface area contributed by atoms with Crippen molar-refractivity contribution >= 4 is 22.0 Å². The molecule has 2 atom stereocenters. The molecule has 1 fully saturated rings. The maximum Gasteiger partial charge on any atom is 0.310 e. The van der Waals surface area contributed by atoms with E-state index >= 15 is 0 Å². The molecule has 1 N–H and O–H groups in total. The van der Waals surface area contributed by atoms with Crippen LogP contribution in [-0.2, 0) is 49.5 Å². The fourth-order valence-electron chi connectivity index (χ4n) is 3.31. The Bertz CT molecular complexity index is 824. The average Bonchev–Trinajstić information content (AvgIpc) is 3.23. The summed E-state index contributed by atoms with van der Waals surface area (Å²) >= 11 is 0. The minimum Gasteiger partial charge on any atom is -0.469 e. The van der Waals surface area contributed by atoms with Crippen LogP contribution in [0.4, 0.5) is 0 Å². The normalized spacial score (nSPS) is 16.8. The third-order valence-corrected chi connectivity index (χ3v) is 5.34. The molecule has 1 aliphatic rings. The zero-order valence-corrected chi connectivity index (χ0v) is 20.7. The maximum atomic E-state index is 12.8. The molecule has 1 aliphatic heterocycles. The SMILES string of the molecule is CC.CCC(C(=O)NOCc1ccccc1)C(CC1(CC(=O)OC)OCCO1)OS(C)(=O)=O. The molecule has 0 spiro atoms. The lowest BCUT2D eigenvalue weighted by Gasteiger charge is -2.32. The van der Waals surface area contributed by atoms with Crippen LogP contribution < -0.4 is 5.48 Å². The number of hydroxylamine groups is 1. The molecular formula is C22H35NO9S. The summed E-state index contributed by atoms with van der Waals surface area (Å²) in [6.45, 7) is 6.28. The van der Waals surface area contributed by atoms with Crippen molar-refractivity contribution in [3.63, 3.8) is 0 Å². The van der Waals surface area contributed by atoms with Gasteiger partial charge in [0, 0.05) is 6.42 Å². The Morgan fingerprint density at radius 2 is 1.76 bits per heavy atom. The van der Waals surface area contributed by atoms with E-state index in [9.17, 15) is 18.0 Å². The quantitative estimate of drug-likeness (QED) is 0.267. The Morgan fingerprint density at radius 1 is 1.15 bits per heavy atom. The molecule has 0 aromatic heterocycles. The van der Waals surface area contributed by atoms with Gasteiger partial charge in [-0.1, -0.05) is 51.1 Å². The third-order valence-electron chi connectivity index (χ3n) is 4.75. The number of carbonyl (C=O) groups is 2. The topological polar surface area (TPSA) is 126 Å². The van der Waals surface area contributed by atoms with E-state index in [1.807, 2.05) is 44.2 Å². The highest BCUT2D eigenvalue weighted by Crippen LogP contribution is 2.33. The molecule has 10 nitrogen and oxygen atoms in total. The number of hydrogen-bond donors (Lipinski definition) is 1. The van der Waals surface area contributed by atoms with Gasteiger partial charge in [0.2, 0.25) is 5.91 Å². The highest BCUT2D eigenvalue weighted by molar-refractivity contribution is 7.86. The zero-order valence-electron chi connectivity index (χ0n) is 19.9. The molecule has 2 rings (SSSR count). The monoisotopic (exact) mass is 489 g/mol. The maximum absolute atomic E-state index is 12.8. The lowest BCUT2D eigenvalue weighted by molar-refractivity contribution is -0.194. The van der Waals surface area contributed by atoms with Crippen molar-refractivity contribution in [2.45, 2.75) is 58.5 Å². The lowest BCUT2D eigenvalue weighted by Crippen LogP contribution is -2.45. The Kier molecular flexibility index (Phi) is 12.5. The van der Waals surface area contributed by atoms with Gasteiger partial charge in [-0.25, -0.2) is 5.48 Å². The van der Waals surface area contributed by atoms with Crippen molar-refractivity contribution in [2.75, 3.05) is 26.6 Å². The van der Waals surface area contributed by atoms with Gasteiger partial charge in [0.05, 0.1) is 51.6 Å². The van der Waals surface area contributed by atoms with Crippen LogP contribution in [0.25, 0.3) is 0 Å². The van der Waals surface area contributed by atoms with Gasteiger partial charge in [0.15, 0.2) is 5.79 Å². The minimum atomic E-state index is -3.93. The largest absolute Gasteiger partial charge is 0.469 e. The van der Waals surface area contributed by atoms with E-state index in [-0.39, 0.29) is 39.1 Å². The van der Waals surface area contributed by atoms with Crippen LogP contribution in [0, 0.1) is 5.92 Å². The number of amides is 1. The number of nitrogens with one attached hydrogen (secondary N) is 1. The summed E-state index contributed by atoms with van der Waals surface area (Å²) in [5.74, 6) is -3.50. The Balaban J connectivity index is 0.00000265. The van der Waals surface area contributed by atoms with Crippen molar-refractivity contribution < 1.29 is 41.2 Å². The van der Waals surface area contributed by atoms with E-state index < -0.39 is 39.8 Å². The first kappa shape index (κ1) is 29.0. The van der Waals surface area contributed by atoms with E-state index in [4.69, 9.17) is 23.2 Å². The fourth-order valence-corrected chi connectivity index (χ4v) is 3.96. The second-order valence-corrected chi connectivity index (χ2v) is 8.76. The van der Waals surface area contributed by atoms with Crippen LogP contribution in [0.1, 0.15) is 45.6 Å². The van der Waals surface area contributed by atoms with Gasteiger partial charge < -0.3 is 14.2 Å². The molecule has 0 saturated carbocycles. The summed E-state index contributed by atoms with van der Waals surface area (Å²) in [5, 5.41) is 0. The molecule has 0 radical (unpaired) electrons. The average molecular weight is 490 g/mol. The molecule has 0 bridgehead atoms. The Labute approximate surface area is 195 Å². The number of esters is 1. The van der Waals surface area contributed by atoms with Gasteiger partial charge in [-0.15, -0.1) is 0 Å². The van der Waals surface area contributed by atoms with Crippen LogP contribution in [0.5, 0.6) is 0 Å². The number of carbonyl (C=O) groups excluding carboxylic acids is 2. The first-order valence-electron chi connectivity index (χ1n) is 10.9. The van der Waals surface area contributed by atoms with E-state index in [1.54, 1.807) is 6.92 Å². The van der Waals surface area contributed by atoms with Crippen LogP contribution in [0.3, 0.4) is 0 Å². The van der Waals surface area contributed by atoms with Crippen molar-refractivity contribution in [3.8, 4) is 0 Å². The zero-order chi connectivity index (χ0) is 24.9. The predicted octanol–water partition coefficient (Wildman–Crippen LogP) is 2.33. The smallest absolute Gasteiger partial charge is 0.310 e. The predicted molar refractivity (Wildman–Crippen MR) is 120 cm³/mol. The number of ether oxygens (including phenoxy) is 3. The Hall–Kier alpha value is -2.05. The summed E-state index contributed by atoms with van der Waals surface area (Å²) in [5.41, 5.74) is 3.20. The van der Waals surface area contributed by atoms with Crippen molar-refractivity contribution in [1.82, 2.24) is 5.48 Å². The van der Waals surface area contributed by atoms with Crippen LogP contribution >= 0.6 is 0 Å². The van der Waals surface area contributed by atoms with Gasteiger partial charge in [-0.3, -0.25) is 18.6 Å². The molecule has 188 valence electrons. The van der Waals surface area contributed by atoms with E-state index in [0.29, 0.717) is 0 Å². The van der Waals surface area contributed by atoms with Crippen molar-refractivity contribution in [1.29, 1.82) is 0 Å². The molecule has 1 aromatic rings. The van der Waals surface area contributed by atoms with Crippen LogP contribution in [0.2, 0.25) is 0 Å². The van der Waals surface area contributed by atoms with Gasteiger partial charge in [0.1, 0.15) is 0 Å². The number of benzene rings is 1. The fraction of sp³-hybridized carbons (Fsp3) is 0.636. The molecule has 1 aromatic carbocycles. The van der Waals surface area contributed by atoms with Gasteiger partial charge in [-0.2, -0.15) is 8.42 Å². The highest BCUT2D eigenvalue weighted by Gasteiger charge is 2.45. The van der Waals surface area contributed by atoms with E-state index in [2.05, 4.69) is 5.48 Å². The molecule has 1 saturated heterocycles. The summed E-state index contributed by atoms with van der Waals surface area (Å²) in [7, 11) is -2.70. The first-order valence-corrected chi connectivity index (χ1v) is 12.7. The number of methoxy groups -OCH3 is 1. The molecular weight excluding hydrogens is 454 g/mol. The van der Waals surface area contributed by atoms with Crippen LogP contribution in [0.15, 0.2) is 30.3 Å². The molecule has 11 heteroatoms. The second kappa shape index (κ2) is 14.3. The standard InChI is InChI=1S/C20H29NO9S.C2H6/c1-4-16(19(23)21-29-14-15-8-6-5-7-9-15)17(30-31(3,24)25)12-20(13-18(22)26-2)27-10-11-28-20;1-2/h5-9,16-17H,4,10-14H2,1-3H3,(H,21,23);1-2H3. The van der Waals surface area contributed by atoms with Gasteiger partial charge in [-0.05, 0) is 12.0 Å². The second-order valence-electron chi connectivity index (χ2n) is 7.16. The van der Waals surface area contributed by atoms with E-state index in [1.165, 1.54) is 7.11 Å². The van der Waals surface area contributed by atoms with Crippen molar-refractivity contribution in [2.24, 2.45) is 5.92 Å².